The first kappa shape index (κ1) is 28.4. The van der Waals surface area contributed by atoms with Crippen molar-refractivity contribution in [2.24, 2.45) is 5.92 Å². The molecule has 202 valence electrons. The number of alkyl halides is 2. The highest BCUT2D eigenvalue weighted by molar-refractivity contribution is 9.25. The number of aromatic nitrogens is 4. The van der Waals surface area contributed by atoms with E-state index in [0.717, 1.165) is 0 Å². The van der Waals surface area contributed by atoms with Crippen LogP contribution in [0.2, 0.25) is 0 Å². The number of ether oxygens (including phenoxy) is 1. The molecule has 1 fully saturated rings. The number of para-hydroxylation sites is 1. The number of fused-ring (bicyclic) bond motifs is 1. The highest BCUT2D eigenvalue weighted by Gasteiger charge is 2.67. The fraction of sp³-hybridized carbons (Fsp3) is 0.409. The van der Waals surface area contributed by atoms with Gasteiger partial charge in [-0.2, -0.15) is 10.2 Å². The summed E-state index contributed by atoms with van der Waals surface area (Å²) in [6.07, 6.45) is -1.52. The first-order chi connectivity index (χ1) is 17.8. The van der Waals surface area contributed by atoms with E-state index in [4.69, 9.17) is 25.3 Å². The Morgan fingerprint density at radius 3 is 2.68 bits per heavy atom. The SMILES string of the molecule is CC(=O)[C@H](C)CP(=O)(OC[C@H]1O[C@@](C#N)(c2cnc3c(N)nc(N)nn23)C(Br)(Br)[C@H]1O)Oc1ccccc1. The molecule has 0 amide bonds. The van der Waals surface area contributed by atoms with Gasteiger partial charge in [-0.3, -0.25) is 9.32 Å². The van der Waals surface area contributed by atoms with Crippen LogP contribution < -0.4 is 16.0 Å². The van der Waals surface area contributed by atoms with Crippen molar-refractivity contribution in [1.82, 2.24) is 19.6 Å². The zero-order chi connectivity index (χ0) is 27.9. The average Bonchev–Trinajstić information content (AvgIpc) is 3.36. The van der Waals surface area contributed by atoms with Gasteiger partial charge in [-0.1, -0.05) is 57.0 Å². The molecule has 38 heavy (non-hydrogen) atoms. The number of Topliss-reactive ketones (excluding diaryl/α,β-unsaturated/α-hetero) is 1. The maximum atomic E-state index is 13.8. The van der Waals surface area contributed by atoms with E-state index in [1.54, 1.807) is 37.3 Å². The number of nitriles is 1. The fourth-order valence-corrected chi connectivity index (χ4v) is 7.23. The third kappa shape index (κ3) is 5.04. The maximum absolute atomic E-state index is 13.8. The lowest BCUT2D eigenvalue weighted by atomic mass is 9.96. The molecule has 0 spiro atoms. The van der Waals surface area contributed by atoms with Crippen LogP contribution in [0.3, 0.4) is 0 Å². The molecule has 16 heteroatoms. The van der Waals surface area contributed by atoms with Crippen molar-refractivity contribution in [3.8, 4) is 11.8 Å². The number of rotatable bonds is 9. The van der Waals surface area contributed by atoms with Crippen molar-refractivity contribution in [3.05, 3.63) is 42.2 Å². The number of aliphatic hydroxyl groups is 1. The predicted molar refractivity (Wildman–Crippen MR) is 144 cm³/mol. The van der Waals surface area contributed by atoms with Crippen LogP contribution >= 0.6 is 39.5 Å². The van der Waals surface area contributed by atoms with Gasteiger partial charge in [-0.15, -0.1) is 5.10 Å². The van der Waals surface area contributed by atoms with E-state index in [2.05, 4.69) is 53.0 Å². The van der Waals surface area contributed by atoms with E-state index < -0.39 is 41.2 Å². The zero-order valence-corrected chi connectivity index (χ0v) is 24.3. The summed E-state index contributed by atoms with van der Waals surface area (Å²) in [6, 6.07) is 10.4. The number of hydrogen-bond acceptors (Lipinski definition) is 12. The Kier molecular flexibility index (Phi) is 7.86. The molecule has 0 aliphatic carbocycles. The maximum Gasteiger partial charge on any atom is 0.379 e. The molecule has 1 aromatic carbocycles. The van der Waals surface area contributed by atoms with Crippen LogP contribution in [0.15, 0.2) is 36.5 Å². The predicted octanol–water partition coefficient (Wildman–Crippen LogP) is 2.77. The molecular formula is C22H24Br2N7O6P. The quantitative estimate of drug-likeness (QED) is 0.222. The molecule has 13 nitrogen and oxygen atoms in total. The summed E-state index contributed by atoms with van der Waals surface area (Å²) in [7, 11) is -3.93. The zero-order valence-electron chi connectivity index (χ0n) is 20.2. The number of aliphatic hydroxyl groups excluding tert-OH is 1. The molecule has 3 heterocycles. The second kappa shape index (κ2) is 10.5. The molecule has 0 bridgehead atoms. The lowest BCUT2D eigenvalue weighted by Gasteiger charge is -2.30. The van der Waals surface area contributed by atoms with Crippen LogP contribution in [0, 0.1) is 17.2 Å². The molecule has 1 saturated heterocycles. The number of nitrogens with zero attached hydrogens (tertiary/aromatic N) is 5. The average molecular weight is 673 g/mol. The fourth-order valence-electron chi connectivity index (χ4n) is 3.90. The lowest BCUT2D eigenvalue weighted by Crippen LogP contribution is -2.45. The number of ketones is 1. The Bertz CT molecular complexity index is 1450. The van der Waals surface area contributed by atoms with Crippen LogP contribution in [0.25, 0.3) is 5.65 Å². The van der Waals surface area contributed by atoms with Gasteiger partial charge in [0.05, 0.1) is 19.0 Å². The third-order valence-electron chi connectivity index (χ3n) is 6.06. The minimum atomic E-state index is -3.93. The van der Waals surface area contributed by atoms with E-state index in [1.807, 2.05) is 0 Å². The van der Waals surface area contributed by atoms with Gasteiger partial charge >= 0.3 is 7.60 Å². The Hall–Kier alpha value is -2.60. The van der Waals surface area contributed by atoms with E-state index in [0.29, 0.717) is 0 Å². The van der Waals surface area contributed by atoms with E-state index in [9.17, 15) is 19.7 Å². The van der Waals surface area contributed by atoms with Gasteiger partial charge in [0.15, 0.2) is 14.7 Å². The molecule has 0 radical (unpaired) electrons. The van der Waals surface area contributed by atoms with E-state index >= 15 is 0 Å². The van der Waals surface area contributed by atoms with Gasteiger partial charge in [0.1, 0.15) is 35.5 Å². The summed E-state index contributed by atoms with van der Waals surface area (Å²) >= 11 is 6.76. The number of nitrogen functional groups attached to an aromatic ring is 2. The van der Waals surface area contributed by atoms with Crippen molar-refractivity contribution in [3.63, 3.8) is 0 Å². The lowest BCUT2D eigenvalue weighted by molar-refractivity contribution is -0.119. The van der Waals surface area contributed by atoms with Crippen LogP contribution in [-0.4, -0.2) is 58.7 Å². The molecule has 1 unspecified atom stereocenters. The van der Waals surface area contributed by atoms with Crippen molar-refractivity contribution in [2.75, 3.05) is 24.2 Å². The Morgan fingerprint density at radius 2 is 2.05 bits per heavy atom. The topological polar surface area (TPSA) is 201 Å². The number of carbonyl (C=O) groups is 1. The Morgan fingerprint density at radius 1 is 1.37 bits per heavy atom. The number of anilines is 2. The van der Waals surface area contributed by atoms with Crippen LogP contribution in [0.1, 0.15) is 19.5 Å². The number of imidazole rings is 1. The highest BCUT2D eigenvalue weighted by Crippen LogP contribution is 2.57. The van der Waals surface area contributed by atoms with Gasteiger partial charge in [0, 0.05) is 5.92 Å². The largest absolute Gasteiger partial charge is 0.424 e. The molecule has 1 aliphatic heterocycles. The van der Waals surface area contributed by atoms with Gasteiger partial charge in [0.25, 0.3) is 0 Å². The van der Waals surface area contributed by atoms with Gasteiger partial charge < -0.3 is 25.8 Å². The summed E-state index contributed by atoms with van der Waals surface area (Å²) in [5.41, 5.74) is 9.90. The molecule has 5 atom stereocenters. The summed E-state index contributed by atoms with van der Waals surface area (Å²) in [5.74, 6) is -0.740. The minimum Gasteiger partial charge on any atom is -0.424 e. The van der Waals surface area contributed by atoms with Gasteiger partial charge in [0.2, 0.25) is 11.5 Å². The van der Waals surface area contributed by atoms with Crippen LogP contribution in [0.4, 0.5) is 11.8 Å². The van der Waals surface area contributed by atoms with Crippen LogP contribution in [-0.2, 0) is 24.2 Å². The monoisotopic (exact) mass is 671 g/mol. The minimum absolute atomic E-state index is 0.0244. The van der Waals surface area contributed by atoms with E-state index in [1.165, 1.54) is 17.6 Å². The number of benzene rings is 1. The van der Waals surface area contributed by atoms with Gasteiger partial charge in [-0.25, -0.2) is 14.1 Å². The second-order valence-electron chi connectivity index (χ2n) is 8.76. The van der Waals surface area contributed by atoms with Crippen molar-refractivity contribution >= 4 is 62.7 Å². The third-order valence-corrected chi connectivity index (χ3v) is 10.1. The summed E-state index contributed by atoms with van der Waals surface area (Å²) in [4.78, 5) is 19.9. The number of nitrogens with two attached hydrogens (primary N) is 2. The summed E-state index contributed by atoms with van der Waals surface area (Å²) < 4.78 is 30.9. The molecular weight excluding hydrogens is 649 g/mol. The van der Waals surface area contributed by atoms with Crippen LogP contribution in [0.5, 0.6) is 5.75 Å². The summed E-state index contributed by atoms with van der Waals surface area (Å²) in [5, 5.41) is 25.6. The normalized spacial score (nSPS) is 24.9. The number of carbonyl (C=O) groups excluding carboxylic acids is 1. The molecule has 4 rings (SSSR count). The number of hydrogen-bond donors (Lipinski definition) is 3. The Balaban J connectivity index is 1.66. The molecule has 3 aromatic rings. The smallest absolute Gasteiger partial charge is 0.379 e. The summed E-state index contributed by atoms with van der Waals surface area (Å²) in [6.45, 7) is 2.54. The standard InChI is InChI=1S/C22H24Br2N7O6P/c1-12(13(2)32)10-38(34,37-14-6-4-3-5-7-14)35-9-15-17(33)22(23,24)21(11-25,36-15)16-8-28-19-18(26)29-20(27)30-31(16)19/h3-8,12,15,17,33H,9-10H2,1-2H3,(H4,26,27,29,30)/t12-,15-,17+,21+,38?/m1/s1. The van der Waals surface area contributed by atoms with Crippen molar-refractivity contribution in [1.29, 1.82) is 5.26 Å². The van der Waals surface area contributed by atoms with Gasteiger partial charge in [-0.05, 0) is 19.1 Å². The van der Waals surface area contributed by atoms with E-state index in [-0.39, 0.29) is 40.8 Å². The molecule has 0 saturated carbocycles. The molecule has 1 aliphatic rings. The highest BCUT2D eigenvalue weighted by atomic mass is 79.9. The Labute approximate surface area is 234 Å². The second-order valence-corrected chi connectivity index (χ2v) is 14.4. The molecule has 2 aromatic heterocycles. The van der Waals surface area contributed by atoms with Crippen molar-refractivity contribution in [2.45, 2.75) is 34.9 Å². The number of halogens is 2. The first-order valence-corrected chi connectivity index (χ1v) is 14.6. The van der Waals surface area contributed by atoms with Crippen molar-refractivity contribution < 1.29 is 28.3 Å². The molecule has 5 N–H and O–H groups in total. The first-order valence-electron chi connectivity index (χ1n) is 11.2.